The van der Waals surface area contributed by atoms with Gasteiger partial charge in [-0.1, -0.05) is 18.2 Å². The third kappa shape index (κ3) is 3.77. The van der Waals surface area contributed by atoms with Gasteiger partial charge in [0.1, 0.15) is 5.00 Å². The van der Waals surface area contributed by atoms with Gasteiger partial charge in [-0.3, -0.25) is 5.43 Å². The highest BCUT2D eigenvalue weighted by molar-refractivity contribution is 7.80. The number of hydrogen-bond acceptors (Lipinski definition) is 5. The van der Waals surface area contributed by atoms with Crippen LogP contribution in [-0.2, 0) is 0 Å². The van der Waals surface area contributed by atoms with Crippen molar-refractivity contribution in [3.8, 4) is 0 Å². The largest absolute Gasteiger partial charge is 0.389 e. The number of aromatic nitrogens is 1. The average Bonchev–Trinajstić information content (AvgIpc) is 2.78. The summed E-state index contributed by atoms with van der Waals surface area (Å²) in [6, 6.07) is 7.91. The monoisotopic (exact) mass is 319 g/mol. The van der Waals surface area contributed by atoms with E-state index in [9.17, 15) is 0 Å². The van der Waals surface area contributed by atoms with Crippen LogP contribution in [0.2, 0.25) is 0 Å². The van der Waals surface area contributed by atoms with Crippen LogP contribution in [0.4, 0.5) is 10.7 Å². The molecule has 5 nitrogen and oxygen atoms in total. The lowest BCUT2D eigenvalue weighted by atomic mass is 10.2. The topological polar surface area (TPSA) is 75.3 Å². The first-order valence-corrected chi connectivity index (χ1v) is 7.56. The minimum Gasteiger partial charge on any atom is -0.389 e. The Balaban J connectivity index is 2.04. The first-order valence-electron chi connectivity index (χ1n) is 6.38. The summed E-state index contributed by atoms with van der Waals surface area (Å²) in [6.07, 6.45) is 0. The Labute approximate surface area is 133 Å². The molecule has 1 heterocycles. The fourth-order valence-corrected chi connectivity index (χ4v) is 2.75. The highest BCUT2D eigenvalue weighted by Crippen LogP contribution is 2.21. The molecule has 0 saturated carbocycles. The Morgan fingerprint density at radius 2 is 2.05 bits per heavy atom. The molecule has 0 aliphatic heterocycles. The molecule has 0 saturated heterocycles. The van der Waals surface area contributed by atoms with Crippen molar-refractivity contribution in [1.29, 1.82) is 0 Å². The van der Waals surface area contributed by atoms with Crippen molar-refractivity contribution in [2.45, 2.75) is 20.8 Å². The quantitative estimate of drug-likeness (QED) is 0.460. The van der Waals surface area contributed by atoms with Gasteiger partial charge in [0.15, 0.2) is 5.11 Å². The van der Waals surface area contributed by atoms with Crippen LogP contribution in [0.15, 0.2) is 29.4 Å². The van der Waals surface area contributed by atoms with E-state index in [0.29, 0.717) is 10.1 Å². The summed E-state index contributed by atoms with van der Waals surface area (Å²) >= 11 is 6.50. The number of nitrogen functional groups attached to an aromatic ring is 1. The molecule has 0 aliphatic carbocycles. The molecular weight excluding hydrogens is 302 g/mol. The third-order valence-corrected chi connectivity index (χ3v) is 3.93. The number of aryl methyl sites for hydroxylation is 2. The number of nitrogens with two attached hydrogens (primary N) is 1. The predicted molar refractivity (Wildman–Crippen MR) is 94.0 cm³/mol. The molecule has 1 aromatic heterocycles. The summed E-state index contributed by atoms with van der Waals surface area (Å²) < 4.78 is 4.20. The van der Waals surface area contributed by atoms with Crippen LogP contribution < -0.4 is 16.5 Å². The van der Waals surface area contributed by atoms with E-state index in [-0.39, 0.29) is 0 Å². The molecule has 0 atom stereocenters. The number of benzene rings is 1. The van der Waals surface area contributed by atoms with Gasteiger partial charge in [-0.05, 0) is 56.2 Å². The Morgan fingerprint density at radius 3 is 2.67 bits per heavy atom. The lowest BCUT2D eigenvalue weighted by Gasteiger charge is -2.10. The van der Waals surface area contributed by atoms with Crippen molar-refractivity contribution in [3.63, 3.8) is 0 Å². The number of thiocarbonyl (C=S) groups is 1. The SMILES string of the molecule is C/C(=N/NC(=S)Nc1ccccc1C)c1c(C)nsc1N. The lowest BCUT2D eigenvalue weighted by molar-refractivity contribution is 1.04. The van der Waals surface area contributed by atoms with Crippen molar-refractivity contribution in [2.75, 3.05) is 11.1 Å². The summed E-state index contributed by atoms with van der Waals surface area (Å²) in [5, 5.41) is 8.47. The zero-order chi connectivity index (χ0) is 15.4. The Kier molecular flexibility index (Phi) is 4.87. The molecule has 2 rings (SSSR count). The normalized spacial score (nSPS) is 11.3. The minimum atomic E-state index is 0.433. The van der Waals surface area contributed by atoms with Crippen LogP contribution >= 0.6 is 23.8 Å². The Bertz CT molecular complexity index is 671. The number of nitrogens with one attached hydrogen (secondary N) is 2. The predicted octanol–water partition coefficient (Wildman–Crippen LogP) is 3.05. The maximum Gasteiger partial charge on any atom is 0.191 e. The maximum atomic E-state index is 5.89. The highest BCUT2D eigenvalue weighted by Gasteiger charge is 2.10. The van der Waals surface area contributed by atoms with Gasteiger partial charge in [-0.25, -0.2) is 0 Å². The molecule has 21 heavy (non-hydrogen) atoms. The Morgan fingerprint density at radius 1 is 1.33 bits per heavy atom. The highest BCUT2D eigenvalue weighted by atomic mass is 32.1. The van der Waals surface area contributed by atoms with Gasteiger partial charge in [0.25, 0.3) is 0 Å². The molecule has 7 heteroatoms. The third-order valence-electron chi connectivity index (χ3n) is 2.97. The van der Waals surface area contributed by atoms with Crippen molar-refractivity contribution >= 4 is 45.3 Å². The van der Waals surface area contributed by atoms with E-state index in [0.717, 1.165) is 28.2 Å². The molecule has 0 radical (unpaired) electrons. The van der Waals surface area contributed by atoms with E-state index < -0.39 is 0 Å². The number of anilines is 2. The van der Waals surface area contributed by atoms with E-state index in [1.54, 1.807) is 0 Å². The van der Waals surface area contributed by atoms with Crippen molar-refractivity contribution in [1.82, 2.24) is 9.80 Å². The van der Waals surface area contributed by atoms with E-state index >= 15 is 0 Å². The fourth-order valence-electron chi connectivity index (χ4n) is 1.88. The molecule has 0 amide bonds. The van der Waals surface area contributed by atoms with Crippen LogP contribution in [0.1, 0.15) is 23.7 Å². The minimum absolute atomic E-state index is 0.433. The van der Waals surface area contributed by atoms with E-state index in [4.69, 9.17) is 18.0 Å². The summed E-state index contributed by atoms with van der Waals surface area (Å²) in [5.41, 5.74) is 13.3. The van der Waals surface area contributed by atoms with Gasteiger partial charge >= 0.3 is 0 Å². The van der Waals surface area contributed by atoms with Crippen LogP contribution in [0, 0.1) is 13.8 Å². The summed E-state index contributed by atoms with van der Waals surface area (Å²) in [5.74, 6) is 0. The molecular formula is C14H17N5S2. The lowest BCUT2D eigenvalue weighted by Crippen LogP contribution is -2.25. The second kappa shape index (κ2) is 6.64. The molecule has 2 aromatic rings. The van der Waals surface area contributed by atoms with Crippen LogP contribution in [0.25, 0.3) is 0 Å². The molecule has 0 spiro atoms. The number of para-hydroxylation sites is 1. The van der Waals surface area contributed by atoms with Gasteiger partial charge in [0, 0.05) is 5.69 Å². The van der Waals surface area contributed by atoms with E-state index in [2.05, 4.69) is 20.2 Å². The average molecular weight is 319 g/mol. The Hall–Kier alpha value is -1.99. The summed E-state index contributed by atoms with van der Waals surface area (Å²) in [4.78, 5) is 0. The van der Waals surface area contributed by atoms with Crippen molar-refractivity contribution < 1.29 is 0 Å². The molecule has 110 valence electrons. The maximum absolute atomic E-state index is 5.89. The molecule has 0 fully saturated rings. The first-order chi connectivity index (χ1) is 9.99. The number of nitrogens with zero attached hydrogens (tertiary/aromatic N) is 2. The second-order valence-electron chi connectivity index (χ2n) is 4.59. The first kappa shape index (κ1) is 15.4. The molecule has 0 unspecified atom stereocenters. The van der Waals surface area contributed by atoms with Gasteiger partial charge in [-0.2, -0.15) is 9.47 Å². The van der Waals surface area contributed by atoms with Gasteiger partial charge in [0.2, 0.25) is 0 Å². The number of rotatable bonds is 3. The zero-order valence-corrected chi connectivity index (χ0v) is 13.7. The fraction of sp³-hybridized carbons (Fsp3) is 0.214. The van der Waals surface area contributed by atoms with Gasteiger partial charge in [0.05, 0.1) is 17.0 Å². The van der Waals surface area contributed by atoms with E-state index in [1.165, 1.54) is 11.5 Å². The second-order valence-corrected chi connectivity index (χ2v) is 5.80. The van der Waals surface area contributed by atoms with E-state index in [1.807, 2.05) is 45.0 Å². The summed E-state index contributed by atoms with van der Waals surface area (Å²) in [6.45, 7) is 5.79. The smallest absolute Gasteiger partial charge is 0.191 e. The van der Waals surface area contributed by atoms with Crippen molar-refractivity contribution in [3.05, 3.63) is 41.1 Å². The van der Waals surface area contributed by atoms with Crippen LogP contribution in [0.5, 0.6) is 0 Å². The van der Waals surface area contributed by atoms with Crippen LogP contribution in [0.3, 0.4) is 0 Å². The van der Waals surface area contributed by atoms with Crippen LogP contribution in [-0.4, -0.2) is 15.2 Å². The molecule has 1 aromatic carbocycles. The summed E-state index contributed by atoms with van der Waals surface area (Å²) in [7, 11) is 0. The number of hydrogen-bond donors (Lipinski definition) is 3. The van der Waals surface area contributed by atoms with Crippen molar-refractivity contribution in [2.24, 2.45) is 5.10 Å². The standard InChI is InChI=1S/C14H17N5S2/c1-8-6-4-5-7-11(8)16-14(20)18-17-9(2)12-10(3)19-21-13(12)15/h4-7H,15H2,1-3H3,(H2,16,18,20)/b17-9-. The van der Waals surface area contributed by atoms with Gasteiger partial charge < -0.3 is 11.1 Å². The zero-order valence-electron chi connectivity index (χ0n) is 12.1. The molecule has 4 N–H and O–H groups in total. The number of hydrazone groups is 1. The molecule has 0 bridgehead atoms. The van der Waals surface area contributed by atoms with Gasteiger partial charge in [-0.15, -0.1) is 0 Å². The molecule has 0 aliphatic rings.